The van der Waals surface area contributed by atoms with E-state index in [1.165, 1.54) is 5.56 Å². The molecule has 0 atom stereocenters. The summed E-state index contributed by atoms with van der Waals surface area (Å²) in [5, 5.41) is 0.620. The Labute approximate surface area is 105 Å². The van der Waals surface area contributed by atoms with Crippen LogP contribution in [0.1, 0.15) is 12.0 Å². The van der Waals surface area contributed by atoms with Gasteiger partial charge in [-0.25, -0.2) is 4.98 Å². The second-order valence-electron chi connectivity index (χ2n) is 3.62. The molecule has 2 rings (SSSR count). The van der Waals surface area contributed by atoms with Crippen molar-refractivity contribution in [3.63, 3.8) is 0 Å². The molecule has 0 aliphatic rings. The van der Waals surface area contributed by atoms with E-state index in [1.54, 1.807) is 30.7 Å². The van der Waals surface area contributed by atoms with E-state index in [0.29, 0.717) is 17.5 Å². The van der Waals surface area contributed by atoms with E-state index in [0.717, 1.165) is 12.8 Å². The number of pyridine rings is 2. The minimum Gasteiger partial charge on any atom is -0.478 e. The van der Waals surface area contributed by atoms with Crippen LogP contribution in [0.25, 0.3) is 0 Å². The summed E-state index contributed by atoms with van der Waals surface area (Å²) in [4.78, 5) is 8.03. The summed E-state index contributed by atoms with van der Waals surface area (Å²) in [5.74, 6) is 0.615. The largest absolute Gasteiger partial charge is 0.478 e. The van der Waals surface area contributed by atoms with Gasteiger partial charge < -0.3 is 4.74 Å². The number of rotatable bonds is 5. The average Bonchev–Trinajstić information content (AvgIpc) is 2.38. The molecule has 0 aromatic carbocycles. The Bertz CT molecular complexity index is 445. The van der Waals surface area contributed by atoms with Crippen LogP contribution < -0.4 is 4.74 Å². The summed E-state index contributed by atoms with van der Waals surface area (Å²) in [6, 6.07) is 7.57. The highest BCUT2D eigenvalue weighted by Gasteiger charge is 1.96. The van der Waals surface area contributed by atoms with Gasteiger partial charge in [-0.15, -0.1) is 0 Å². The molecule has 0 fully saturated rings. The topological polar surface area (TPSA) is 35.0 Å². The minimum atomic E-state index is 0.615. The molecule has 2 aromatic rings. The number of aromatic nitrogens is 2. The van der Waals surface area contributed by atoms with Gasteiger partial charge in [0.1, 0.15) is 0 Å². The molecule has 88 valence electrons. The zero-order valence-corrected chi connectivity index (χ0v) is 10.1. The Morgan fingerprint density at radius 2 is 1.94 bits per heavy atom. The van der Waals surface area contributed by atoms with Gasteiger partial charge in [-0.3, -0.25) is 4.98 Å². The normalized spacial score (nSPS) is 10.2. The second-order valence-corrected chi connectivity index (χ2v) is 4.06. The van der Waals surface area contributed by atoms with Gasteiger partial charge in [0.2, 0.25) is 5.88 Å². The fourth-order valence-corrected chi connectivity index (χ4v) is 1.56. The first-order valence-electron chi connectivity index (χ1n) is 5.48. The molecule has 0 spiro atoms. The van der Waals surface area contributed by atoms with Gasteiger partial charge in [0, 0.05) is 24.7 Å². The molecule has 0 aliphatic heterocycles. The van der Waals surface area contributed by atoms with Gasteiger partial charge in [-0.05, 0) is 36.6 Å². The third-order valence-corrected chi connectivity index (χ3v) is 2.53. The Kier molecular flexibility index (Phi) is 4.33. The predicted molar refractivity (Wildman–Crippen MR) is 67.3 cm³/mol. The van der Waals surface area contributed by atoms with Crippen molar-refractivity contribution in [2.24, 2.45) is 0 Å². The smallest absolute Gasteiger partial charge is 0.213 e. The Morgan fingerprint density at radius 1 is 1.12 bits per heavy atom. The van der Waals surface area contributed by atoms with E-state index in [1.807, 2.05) is 12.1 Å². The van der Waals surface area contributed by atoms with Crippen LogP contribution in [0.5, 0.6) is 5.88 Å². The molecule has 0 unspecified atom stereocenters. The lowest BCUT2D eigenvalue weighted by molar-refractivity contribution is 0.299. The molecule has 0 saturated carbocycles. The lowest BCUT2D eigenvalue weighted by Gasteiger charge is -2.04. The minimum absolute atomic E-state index is 0.615. The van der Waals surface area contributed by atoms with Crippen molar-refractivity contribution >= 4 is 11.6 Å². The van der Waals surface area contributed by atoms with Crippen LogP contribution in [-0.2, 0) is 6.42 Å². The quantitative estimate of drug-likeness (QED) is 0.763. The van der Waals surface area contributed by atoms with E-state index >= 15 is 0 Å². The predicted octanol–water partition coefficient (Wildman–Crippen LogP) is 3.14. The van der Waals surface area contributed by atoms with Gasteiger partial charge in [-0.2, -0.15) is 0 Å². The van der Waals surface area contributed by atoms with E-state index in [-0.39, 0.29) is 0 Å². The summed E-state index contributed by atoms with van der Waals surface area (Å²) in [6.45, 7) is 0.650. The van der Waals surface area contributed by atoms with Crippen molar-refractivity contribution in [3.05, 3.63) is 53.4 Å². The van der Waals surface area contributed by atoms with Crippen molar-refractivity contribution in [3.8, 4) is 5.88 Å². The molecule has 2 aromatic heterocycles. The summed E-state index contributed by atoms with van der Waals surface area (Å²) in [7, 11) is 0. The van der Waals surface area contributed by atoms with Crippen LogP contribution in [0.15, 0.2) is 42.9 Å². The molecule has 3 nitrogen and oxygen atoms in total. The summed E-state index contributed by atoms with van der Waals surface area (Å²) in [5.41, 5.74) is 1.27. The van der Waals surface area contributed by atoms with Crippen LogP contribution in [0.3, 0.4) is 0 Å². The fourth-order valence-electron chi connectivity index (χ4n) is 1.45. The Hall–Kier alpha value is -1.61. The molecule has 0 aliphatic carbocycles. The molecule has 4 heteroatoms. The molecular formula is C13H13ClN2O. The van der Waals surface area contributed by atoms with E-state index in [4.69, 9.17) is 16.3 Å². The van der Waals surface area contributed by atoms with Gasteiger partial charge >= 0.3 is 0 Å². The van der Waals surface area contributed by atoms with Crippen LogP contribution in [0, 0.1) is 0 Å². The lowest BCUT2D eigenvalue weighted by Crippen LogP contribution is -2.00. The van der Waals surface area contributed by atoms with Crippen LogP contribution >= 0.6 is 11.6 Å². The van der Waals surface area contributed by atoms with E-state index < -0.39 is 0 Å². The molecule has 0 radical (unpaired) electrons. The number of hydrogen-bond donors (Lipinski definition) is 0. The molecule has 0 saturated heterocycles. The van der Waals surface area contributed by atoms with Crippen LogP contribution in [0.4, 0.5) is 0 Å². The standard InChI is InChI=1S/C13H13ClN2O/c14-12-3-4-13(16-10-12)17-9-1-2-11-5-7-15-8-6-11/h3-8,10H,1-2,9H2. The number of aryl methyl sites for hydroxylation is 1. The molecule has 17 heavy (non-hydrogen) atoms. The van der Waals surface area contributed by atoms with Crippen molar-refractivity contribution in [2.75, 3.05) is 6.61 Å². The van der Waals surface area contributed by atoms with Crippen molar-refractivity contribution in [1.82, 2.24) is 9.97 Å². The van der Waals surface area contributed by atoms with Crippen LogP contribution in [-0.4, -0.2) is 16.6 Å². The second kappa shape index (κ2) is 6.21. The zero-order chi connectivity index (χ0) is 11.9. The van der Waals surface area contributed by atoms with Gasteiger partial charge in [0.15, 0.2) is 0 Å². The maximum atomic E-state index is 5.73. The fraction of sp³-hybridized carbons (Fsp3) is 0.231. The third kappa shape index (κ3) is 4.04. The Morgan fingerprint density at radius 3 is 2.65 bits per heavy atom. The Balaban J connectivity index is 1.71. The third-order valence-electron chi connectivity index (χ3n) is 2.31. The van der Waals surface area contributed by atoms with Crippen LogP contribution in [0.2, 0.25) is 5.02 Å². The average molecular weight is 249 g/mol. The lowest BCUT2D eigenvalue weighted by atomic mass is 10.1. The molecular weight excluding hydrogens is 236 g/mol. The van der Waals surface area contributed by atoms with Crippen molar-refractivity contribution in [2.45, 2.75) is 12.8 Å². The first-order chi connectivity index (χ1) is 8.34. The number of nitrogens with zero attached hydrogens (tertiary/aromatic N) is 2. The molecule has 0 bridgehead atoms. The summed E-state index contributed by atoms with van der Waals surface area (Å²) >= 11 is 5.73. The first kappa shape index (κ1) is 11.9. The summed E-state index contributed by atoms with van der Waals surface area (Å²) < 4.78 is 5.50. The highest BCUT2D eigenvalue weighted by molar-refractivity contribution is 6.30. The monoisotopic (exact) mass is 248 g/mol. The van der Waals surface area contributed by atoms with E-state index in [2.05, 4.69) is 9.97 Å². The molecule has 0 N–H and O–H groups in total. The maximum absolute atomic E-state index is 5.73. The van der Waals surface area contributed by atoms with Crippen molar-refractivity contribution in [1.29, 1.82) is 0 Å². The van der Waals surface area contributed by atoms with Gasteiger partial charge in [0.05, 0.1) is 11.6 Å². The zero-order valence-electron chi connectivity index (χ0n) is 9.34. The SMILES string of the molecule is Clc1ccc(OCCCc2ccncc2)nc1. The number of halogens is 1. The van der Waals surface area contributed by atoms with Gasteiger partial charge in [0.25, 0.3) is 0 Å². The first-order valence-corrected chi connectivity index (χ1v) is 5.85. The molecule has 2 heterocycles. The molecule has 0 amide bonds. The number of hydrogen-bond acceptors (Lipinski definition) is 3. The highest BCUT2D eigenvalue weighted by Crippen LogP contribution is 2.11. The maximum Gasteiger partial charge on any atom is 0.213 e. The van der Waals surface area contributed by atoms with Gasteiger partial charge in [-0.1, -0.05) is 11.6 Å². The van der Waals surface area contributed by atoms with Crippen molar-refractivity contribution < 1.29 is 4.74 Å². The number of ether oxygens (including phenoxy) is 1. The summed E-state index contributed by atoms with van der Waals surface area (Å²) in [6.07, 6.45) is 7.12. The highest BCUT2D eigenvalue weighted by atomic mass is 35.5. The van der Waals surface area contributed by atoms with E-state index in [9.17, 15) is 0 Å².